The molecule has 1 aromatic carbocycles. The summed E-state index contributed by atoms with van der Waals surface area (Å²) in [5, 5.41) is 3.54. The van der Waals surface area contributed by atoms with E-state index in [1.807, 2.05) is 24.3 Å². The van der Waals surface area contributed by atoms with Gasteiger partial charge in [-0.1, -0.05) is 59.1 Å². The van der Waals surface area contributed by atoms with Crippen molar-refractivity contribution in [1.82, 2.24) is 5.32 Å². The number of carbonyl (C=O) groups is 1. The van der Waals surface area contributed by atoms with Gasteiger partial charge in [-0.15, -0.1) is 0 Å². The zero-order valence-corrected chi connectivity index (χ0v) is 11.5. The summed E-state index contributed by atoms with van der Waals surface area (Å²) in [7, 11) is 0. The van der Waals surface area contributed by atoms with Gasteiger partial charge in [0.15, 0.2) is 0 Å². The Morgan fingerprint density at radius 3 is 2.81 bits per heavy atom. The Hall–Kier alpha value is -0.540. The van der Waals surface area contributed by atoms with E-state index in [2.05, 4.69) is 28.2 Å². The van der Waals surface area contributed by atoms with Crippen molar-refractivity contribution in [2.24, 2.45) is 0 Å². The van der Waals surface area contributed by atoms with E-state index in [0.717, 1.165) is 18.4 Å². The summed E-state index contributed by atoms with van der Waals surface area (Å²) in [5.41, 5.74) is 0.939. The highest BCUT2D eigenvalue weighted by molar-refractivity contribution is 9.10. The number of hydrogen-bond acceptors (Lipinski definition) is 1. The molecule has 1 atom stereocenters. The van der Waals surface area contributed by atoms with Gasteiger partial charge in [0.25, 0.3) is 0 Å². The van der Waals surface area contributed by atoms with E-state index in [1.165, 1.54) is 0 Å². The lowest BCUT2D eigenvalue weighted by Crippen LogP contribution is -2.30. The molecular formula is C12H15BrClNO. The van der Waals surface area contributed by atoms with Crippen molar-refractivity contribution >= 4 is 33.4 Å². The van der Waals surface area contributed by atoms with Crippen LogP contribution in [-0.2, 0) is 11.3 Å². The number of halogens is 2. The highest BCUT2D eigenvalue weighted by Crippen LogP contribution is 2.15. The summed E-state index contributed by atoms with van der Waals surface area (Å²) in [4.78, 5) is 11.5. The molecule has 0 aliphatic carbocycles. The second-order valence-corrected chi connectivity index (χ2v) is 5.08. The van der Waals surface area contributed by atoms with Crippen LogP contribution in [0.25, 0.3) is 0 Å². The van der Waals surface area contributed by atoms with Gasteiger partial charge < -0.3 is 5.32 Å². The van der Waals surface area contributed by atoms with Crippen molar-refractivity contribution in [3.8, 4) is 0 Å². The first-order valence-corrected chi connectivity index (χ1v) is 6.59. The molecule has 1 N–H and O–H groups in total. The van der Waals surface area contributed by atoms with Gasteiger partial charge in [0, 0.05) is 11.6 Å². The Morgan fingerprint density at radius 2 is 2.19 bits per heavy atom. The predicted molar refractivity (Wildman–Crippen MR) is 70.9 cm³/mol. The molecule has 4 heteroatoms. The van der Waals surface area contributed by atoms with Gasteiger partial charge in [-0.25, -0.2) is 0 Å². The Labute approximate surface area is 110 Å². The maximum absolute atomic E-state index is 11.6. The molecule has 1 amide bonds. The molecule has 0 aromatic heterocycles. The maximum Gasteiger partial charge on any atom is 0.234 e. The summed E-state index contributed by atoms with van der Waals surface area (Å²) in [5.74, 6) is 0.0155. The number of hydrogen-bond donors (Lipinski definition) is 1. The first kappa shape index (κ1) is 13.5. The first-order chi connectivity index (χ1) is 7.65. The largest absolute Gasteiger partial charge is 0.351 e. The summed E-state index contributed by atoms with van der Waals surface area (Å²) in [6, 6.07) is 7.51. The smallest absolute Gasteiger partial charge is 0.234 e. The van der Waals surface area contributed by atoms with Crippen LogP contribution in [0.2, 0.25) is 5.02 Å². The van der Waals surface area contributed by atoms with Crippen LogP contribution in [-0.4, -0.2) is 10.7 Å². The van der Waals surface area contributed by atoms with E-state index < -0.39 is 0 Å². The number of nitrogens with one attached hydrogen (secondary N) is 1. The van der Waals surface area contributed by atoms with Gasteiger partial charge in [-0.3, -0.25) is 4.79 Å². The SMILES string of the molecule is CCCC(Br)C(=O)NCc1ccccc1Cl. The Balaban J connectivity index is 2.46. The van der Waals surface area contributed by atoms with Crippen LogP contribution in [0.1, 0.15) is 25.3 Å². The van der Waals surface area contributed by atoms with Crippen LogP contribution in [0.5, 0.6) is 0 Å². The Morgan fingerprint density at radius 1 is 1.50 bits per heavy atom. The quantitative estimate of drug-likeness (QED) is 0.829. The van der Waals surface area contributed by atoms with E-state index in [1.54, 1.807) is 0 Å². The summed E-state index contributed by atoms with van der Waals surface area (Å²) in [6.45, 7) is 2.53. The molecule has 0 bridgehead atoms. The number of benzene rings is 1. The highest BCUT2D eigenvalue weighted by atomic mass is 79.9. The van der Waals surface area contributed by atoms with E-state index in [0.29, 0.717) is 11.6 Å². The number of carbonyl (C=O) groups excluding carboxylic acids is 1. The summed E-state index contributed by atoms with van der Waals surface area (Å²) in [6.07, 6.45) is 1.82. The van der Waals surface area contributed by atoms with Crippen LogP contribution in [0.15, 0.2) is 24.3 Å². The highest BCUT2D eigenvalue weighted by Gasteiger charge is 2.13. The number of alkyl halides is 1. The second kappa shape index (κ2) is 6.92. The fourth-order valence-corrected chi connectivity index (χ4v) is 2.14. The normalized spacial score (nSPS) is 12.2. The lowest BCUT2D eigenvalue weighted by Gasteiger charge is -2.10. The third kappa shape index (κ3) is 4.14. The van der Waals surface area contributed by atoms with Crippen molar-refractivity contribution in [3.05, 3.63) is 34.9 Å². The minimum Gasteiger partial charge on any atom is -0.351 e. The molecule has 0 saturated carbocycles. The number of amides is 1. The standard InChI is InChI=1S/C12H15BrClNO/c1-2-5-10(13)12(16)15-8-9-6-3-4-7-11(9)14/h3-4,6-7,10H,2,5,8H2,1H3,(H,15,16). The van der Waals surface area contributed by atoms with E-state index >= 15 is 0 Å². The fourth-order valence-electron chi connectivity index (χ4n) is 1.32. The molecule has 1 rings (SSSR count). The Bertz CT molecular complexity index is 357. The van der Waals surface area contributed by atoms with Crippen molar-refractivity contribution in [1.29, 1.82) is 0 Å². The molecule has 0 aliphatic heterocycles. The molecule has 0 heterocycles. The van der Waals surface area contributed by atoms with E-state index in [-0.39, 0.29) is 10.7 Å². The molecule has 1 aromatic rings. The van der Waals surface area contributed by atoms with Gasteiger partial charge in [-0.05, 0) is 18.1 Å². The molecule has 0 saturated heterocycles. The van der Waals surface area contributed by atoms with Crippen molar-refractivity contribution < 1.29 is 4.79 Å². The molecule has 2 nitrogen and oxygen atoms in total. The zero-order chi connectivity index (χ0) is 12.0. The lowest BCUT2D eigenvalue weighted by molar-refractivity contribution is -0.120. The first-order valence-electron chi connectivity index (χ1n) is 5.30. The molecule has 0 fully saturated rings. The van der Waals surface area contributed by atoms with Crippen LogP contribution < -0.4 is 5.32 Å². The van der Waals surface area contributed by atoms with Gasteiger partial charge in [0.05, 0.1) is 4.83 Å². The second-order valence-electron chi connectivity index (χ2n) is 3.57. The van der Waals surface area contributed by atoms with Crippen molar-refractivity contribution in [2.45, 2.75) is 31.1 Å². The molecule has 88 valence electrons. The Kier molecular flexibility index (Phi) is 5.85. The molecule has 0 spiro atoms. The third-order valence-corrected chi connectivity index (χ3v) is 3.48. The average molecular weight is 305 g/mol. The predicted octanol–water partition coefficient (Wildman–Crippen LogP) is 3.52. The number of rotatable bonds is 5. The topological polar surface area (TPSA) is 29.1 Å². The molecule has 16 heavy (non-hydrogen) atoms. The third-order valence-electron chi connectivity index (χ3n) is 2.24. The minimum atomic E-state index is -0.111. The van der Waals surface area contributed by atoms with Gasteiger partial charge in [0.2, 0.25) is 5.91 Å². The van der Waals surface area contributed by atoms with Crippen LogP contribution in [0.3, 0.4) is 0 Å². The lowest BCUT2D eigenvalue weighted by atomic mass is 10.2. The molecule has 0 aliphatic rings. The fraction of sp³-hybridized carbons (Fsp3) is 0.417. The molecular weight excluding hydrogens is 289 g/mol. The van der Waals surface area contributed by atoms with Crippen molar-refractivity contribution in [2.75, 3.05) is 0 Å². The van der Waals surface area contributed by atoms with Gasteiger partial charge >= 0.3 is 0 Å². The van der Waals surface area contributed by atoms with Gasteiger partial charge in [-0.2, -0.15) is 0 Å². The summed E-state index contributed by atoms with van der Waals surface area (Å²) >= 11 is 9.34. The van der Waals surface area contributed by atoms with E-state index in [9.17, 15) is 4.79 Å². The monoisotopic (exact) mass is 303 g/mol. The van der Waals surface area contributed by atoms with Gasteiger partial charge in [0.1, 0.15) is 0 Å². The van der Waals surface area contributed by atoms with E-state index in [4.69, 9.17) is 11.6 Å². The van der Waals surface area contributed by atoms with Crippen LogP contribution >= 0.6 is 27.5 Å². The van der Waals surface area contributed by atoms with Crippen LogP contribution in [0.4, 0.5) is 0 Å². The zero-order valence-electron chi connectivity index (χ0n) is 9.17. The van der Waals surface area contributed by atoms with Crippen molar-refractivity contribution in [3.63, 3.8) is 0 Å². The summed E-state index contributed by atoms with van der Waals surface area (Å²) < 4.78 is 0. The molecule has 0 radical (unpaired) electrons. The minimum absolute atomic E-state index is 0.0155. The maximum atomic E-state index is 11.6. The average Bonchev–Trinajstić information content (AvgIpc) is 2.28. The van der Waals surface area contributed by atoms with Crippen LogP contribution in [0, 0.1) is 0 Å². The molecule has 1 unspecified atom stereocenters.